The smallest absolute Gasteiger partial charge is 0.190 e. The summed E-state index contributed by atoms with van der Waals surface area (Å²) in [6, 6.07) is 6.60. The Balaban J connectivity index is 2.29. The second-order valence-electron chi connectivity index (χ2n) is 4.56. The summed E-state index contributed by atoms with van der Waals surface area (Å²) in [5.74, 6) is 0. The van der Waals surface area contributed by atoms with Gasteiger partial charge in [0.1, 0.15) is 6.33 Å². The van der Waals surface area contributed by atoms with Crippen LogP contribution >= 0.6 is 11.8 Å². The van der Waals surface area contributed by atoms with Crippen molar-refractivity contribution >= 4 is 11.8 Å². The molecule has 1 aromatic heterocycles. The molecule has 2 N–H and O–H groups in total. The van der Waals surface area contributed by atoms with E-state index in [1.807, 2.05) is 14.0 Å². The third kappa shape index (κ3) is 3.11. The van der Waals surface area contributed by atoms with E-state index >= 15 is 0 Å². The molecule has 1 aromatic carbocycles. The number of aryl methyl sites for hydroxylation is 2. The predicted octanol–water partition coefficient (Wildman–Crippen LogP) is 2.16. The van der Waals surface area contributed by atoms with Gasteiger partial charge < -0.3 is 5.73 Å². The summed E-state index contributed by atoms with van der Waals surface area (Å²) in [5, 5.41) is 4.97. The number of nitrogens with two attached hydrogens (primary N) is 1. The molecule has 2 aromatic rings. The van der Waals surface area contributed by atoms with E-state index in [9.17, 15) is 0 Å². The minimum absolute atomic E-state index is 0.158. The Kier molecular flexibility index (Phi) is 4.04. The van der Waals surface area contributed by atoms with Crippen LogP contribution in [0.25, 0.3) is 0 Å². The molecule has 0 saturated carbocycles. The molecule has 18 heavy (non-hydrogen) atoms. The molecule has 0 saturated heterocycles. The van der Waals surface area contributed by atoms with E-state index in [2.05, 4.69) is 35.2 Å². The fourth-order valence-corrected chi connectivity index (χ4v) is 2.68. The average Bonchev–Trinajstić information content (AvgIpc) is 2.67. The van der Waals surface area contributed by atoms with Crippen LogP contribution in [0.15, 0.2) is 34.6 Å². The van der Waals surface area contributed by atoms with E-state index in [1.165, 1.54) is 16.0 Å². The van der Waals surface area contributed by atoms with Crippen molar-refractivity contribution in [3.63, 3.8) is 0 Å². The molecule has 1 unspecified atom stereocenters. The normalized spacial score (nSPS) is 12.7. The van der Waals surface area contributed by atoms with E-state index in [0.717, 1.165) is 11.6 Å². The number of benzene rings is 1. The number of rotatable bonds is 4. The van der Waals surface area contributed by atoms with Crippen molar-refractivity contribution in [1.29, 1.82) is 0 Å². The maximum atomic E-state index is 5.90. The van der Waals surface area contributed by atoms with Crippen LogP contribution in [-0.2, 0) is 13.5 Å². The van der Waals surface area contributed by atoms with Gasteiger partial charge in [-0.2, -0.15) is 5.10 Å². The van der Waals surface area contributed by atoms with E-state index in [-0.39, 0.29) is 6.04 Å². The summed E-state index contributed by atoms with van der Waals surface area (Å²) in [5.41, 5.74) is 8.44. The first-order valence-corrected chi connectivity index (χ1v) is 6.75. The van der Waals surface area contributed by atoms with Gasteiger partial charge in [0, 0.05) is 18.0 Å². The lowest BCUT2D eigenvalue weighted by Crippen LogP contribution is -2.18. The van der Waals surface area contributed by atoms with Gasteiger partial charge in [0.15, 0.2) is 5.16 Å². The Morgan fingerprint density at radius 3 is 2.83 bits per heavy atom. The highest BCUT2D eigenvalue weighted by Gasteiger charge is 2.10. The minimum Gasteiger partial charge on any atom is -0.328 e. The Bertz CT molecular complexity index is 534. The zero-order chi connectivity index (χ0) is 13.1. The third-order valence-electron chi connectivity index (χ3n) is 2.63. The largest absolute Gasteiger partial charge is 0.328 e. The van der Waals surface area contributed by atoms with Gasteiger partial charge in [0.2, 0.25) is 0 Å². The molecule has 0 spiro atoms. The molecule has 0 aliphatic carbocycles. The summed E-state index contributed by atoms with van der Waals surface area (Å²) < 4.78 is 1.78. The molecule has 96 valence electrons. The van der Waals surface area contributed by atoms with E-state index < -0.39 is 0 Å². The van der Waals surface area contributed by atoms with Crippen molar-refractivity contribution in [2.75, 3.05) is 0 Å². The third-order valence-corrected chi connectivity index (χ3v) is 3.80. The van der Waals surface area contributed by atoms with Crippen molar-refractivity contribution in [3.05, 3.63) is 35.7 Å². The lowest BCUT2D eigenvalue weighted by Gasteiger charge is -2.11. The highest BCUT2D eigenvalue weighted by atomic mass is 32.2. The molecule has 0 aliphatic rings. The van der Waals surface area contributed by atoms with Gasteiger partial charge in [-0.25, -0.2) is 9.67 Å². The van der Waals surface area contributed by atoms with Crippen LogP contribution in [0.1, 0.15) is 18.1 Å². The molecule has 0 radical (unpaired) electrons. The summed E-state index contributed by atoms with van der Waals surface area (Å²) in [7, 11) is 1.90. The first kappa shape index (κ1) is 13.1. The number of aromatic nitrogens is 3. The molecule has 0 aliphatic heterocycles. The van der Waals surface area contributed by atoms with Gasteiger partial charge in [-0.3, -0.25) is 0 Å². The van der Waals surface area contributed by atoms with Gasteiger partial charge in [0.05, 0.1) is 0 Å². The lowest BCUT2D eigenvalue weighted by atomic mass is 10.1. The quantitative estimate of drug-likeness (QED) is 0.917. The lowest BCUT2D eigenvalue weighted by molar-refractivity contribution is 0.684. The fourth-order valence-electron chi connectivity index (χ4n) is 1.79. The molecule has 2 rings (SSSR count). The number of hydrogen-bond donors (Lipinski definition) is 1. The molecule has 1 atom stereocenters. The van der Waals surface area contributed by atoms with Gasteiger partial charge in [-0.05, 0) is 43.7 Å². The van der Waals surface area contributed by atoms with Gasteiger partial charge in [-0.1, -0.05) is 17.7 Å². The van der Waals surface area contributed by atoms with Gasteiger partial charge in [-0.15, -0.1) is 0 Å². The van der Waals surface area contributed by atoms with Crippen LogP contribution in [0, 0.1) is 6.92 Å². The Morgan fingerprint density at radius 1 is 1.44 bits per heavy atom. The zero-order valence-electron chi connectivity index (χ0n) is 10.9. The van der Waals surface area contributed by atoms with Crippen LogP contribution in [0.5, 0.6) is 0 Å². The second-order valence-corrected chi connectivity index (χ2v) is 5.57. The fraction of sp³-hybridized carbons (Fsp3) is 0.385. The molecule has 5 heteroatoms. The van der Waals surface area contributed by atoms with Crippen molar-refractivity contribution in [2.45, 2.75) is 36.4 Å². The molecule has 0 amide bonds. The van der Waals surface area contributed by atoms with Crippen molar-refractivity contribution in [2.24, 2.45) is 12.8 Å². The van der Waals surface area contributed by atoms with Crippen LogP contribution < -0.4 is 5.73 Å². The summed E-state index contributed by atoms with van der Waals surface area (Å²) in [6.07, 6.45) is 2.45. The molecular weight excluding hydrogens is 244 g/mol. The highest BCUT2D eigenvalue weighted by Crippen LogP contribution is 2.29. The van der Waals surface area contributed by atoms with Crippen LogP contribution in [-0.4, -0.2) is 20.8 Å². The Labute approximate surface area is 112 Å². The molecular formula is C13H18N4S. The predicted molar refractivity (Wildman–Crippen MR) is 73.7 cm³/mol. The molecule has 1 heterocycles. The summed E-state index contributed by atoms with van der Waals surface area (Å²) in [4.78, 5) is 5.44. The number of nitrogens with zero attached hydrogens (tertiary/aromatic N) is 3. The minimum atomic E-state index is 0.158. The molecule has 0 fully saturated rings. The highest BCUT2D eigenvalue weighted by molar-refractivity contribution is 7.99. The maximum Gasteiger partial charge on any atom is 0.190 e. The van der Waals surface area contributed by atoms with E-state index in [1.54, 1.807) is 22.8 Å². The van der Waals surface area contributed by atoms with E-state index in [4.69, 9.17) is 5.73 Å². The summed E-state index contributed by atoms with van der Waals surface area (Å²) in [6.45, 7) is 4.13. The topological polar surface area (TPSA) is 56.7 Å². The van der Waals surface area contributed by atoms with Gasteiger partial charge >= 0.3 is 0 Å². The average molecular weight is 262 g/mol. The van der Waals surface area contributed by atoms with Crippen LogP contribution in [0.4, 0.5) is 0 Å². The number of hydrogen-bond acceptors (Lipinski definition) is 4. The SMILES string of the molecule is Cc1ccc(Sc2ncnn2C)c(CC(C)N)c1. The van der Waals surface area contributed by atoms with Crippen molar-refractivity contribution < 1.29 is 0 Å². The monoisotopic (exact) mass is 262 g/mol. The van der Waals surface area contributed by atoms with Crippen LogP contribution in [0.3, 0.4) is 0 Å². The molecule has 0 bridgehead atoms. The zero-order valence-corrected chi connectivity index (χ0v) is 11.7. The maximum absolute atomic E-state index is 5.90. The standard InChI is InChI=1S/C13H18N4S/c1-9-4-5-12(11(6-9)7-10(2)14)18-13-15-8-16-17(13)3/h4-6,8,10H,7,14H2,1-3H3. The van der Waals surface area contributed by atoms with Crippen molar-refractivity contribution in [1.82, 2.24) is 14.8 Å². The van der Waals surface area contributed by atoms with Gasteiger partial charge in [0.25, 0.3) is 0 Å². The first-order valence-electron chi connectivity index (χ1n) is 5.93. The Hall–Kier alpha value is -1.33. The van der Waals surface area contributed by atoms with Crippen molar-refractivity contribution in [3.8, 4) is 0 Å². The van der Waals surface area contributed by atoms with Crippen LogP contribution in [0.2, 0.25) is 0 Å². The Morgan fingerprint density at radius 2 is 2.22 bits per heavy atom. The van der Waals surface area contributed by atoms with E-state index in [0.29, 0.717) is 0 Å². The first-order chi connectivity index (χ1) is 8.56. The summed E-state index contributed by atoms with van der Waals surface area (Å²) >= 11 is 1.63. The second kappa shape index (κ2) is 5.54. The molecule has 4 nitrogen and oxygen atoms in total.